The number of ether oxygens (including phenoxy) is 3. The van der Waals surface area contributed by atoms with Gasteiger partial charge in [-0.15, -0.1) is 13.2 Å². The Hall–Kier alpha value is -4.46. The fraction of sp³-hybridized carbons (Fsp3) is 0.667. The third-order valence-electron chi connectivity index (χ3n) is 13.8. The van der Waals surface area contributed by atoms with Crippen molar-refractivity contribution in [3.63, 3.8) is 0 Å². The quantitative estimate of drug-likeness (QED) is 0.196. The molecule has 1 aromatic heterocycles. The number of hydrogen-bond donors (Lipinski definition) is 2. The molecular weight excluding hydrogens is 894 g/mol. The fourth-order valence-corrected chi connectivity index (χ4v) is 11.8. The van der Waals surface area contributed by atoms with Crippen LogP contribution in [-0.4, -0.2) is 102 Å². The van der Waals surface area contributed by atoms with E-state index >= 15 is 4.79 Å². The highest BCUT2D eigenvalue weighted by Gasteiger charge is 2.64. The minimum Gasteiger partial charge on any atom is -0.483 e. The molecule has 65 heavy (non-hydrogen) atoms. The lowest BCUT2D eigenvalue weighted by atomic mass is 9.87. The van der Waals surface area contributed by atoms with Gasteiger partial charge < -0.3 is 24.4 Å². The number of esters is 1. The van der Waals surface area contributed by atoms with E-state index in [4.69, 9.17) is 9.47 Å². The number of pyridine rings is 1. The maximum Gasteiger partial charge on any atom is 0.573 e. The van der Waals surface area contributed by atoms with Gasteiger partial charge in [0.2, 0.25) is 21.8 Å². The summed E-state index contributed by atoms with van der Waals surface area (Å²) in [6.45, 7) is 9.44. The van der Waals surface area contributed by atoms with E-state index in [-0.39, 0.29) is 63.0 Å². The minimum atomic E-state index is -4.93. The summed E-state index contributed by atoms with van der Waals surface area (Å²) < 4.78 is 109. The summed E-state index contributed by atoms with van der Waals surface area (Å²) in [5, 5.41) is 2.63. The number of benzene rings is 1. The molecule has 1 spiro atoms. The molecule has 15 nitrogen and oxygen atoms in total. The zero-order valence-corrected chi connectivity index (χ0v) is 39.3. The Kier molecular flexibility index (Phi) is 12.9. The lowest BCUT2D eigenvalue weighted by Gasteiger charge is -2.36. The first-order valence-electron chi connectivity index (χ1n) is 22.4. The third kappa shape index (κ3) is 10.4. The molecule has 5 aliphatic rings. The molecule has 2 aliphatic carbocycles. The number of sulfone groups is 1. The zero-order chi connectivity index (χ0) is 47.5. The average molecular weight is 953 g/mol. The van der Waals surface area contributed by atoms with E-state index < -0.39 is 100 Å². The summed E-state index contributed by atoms with van der Waals surface area (Å²) >= 11 is 0. The fourth-order valence-electron chi connectivity index (χ4n) is 9.23. The Balaban J connectivity index is 1.21. The Morgan fingerprint density at radius 3 is 2.46 bits per heavy atom. The Morgan fingerprint density at radius 1 is 1.06 bits per heavy atom. The molecule has 4 heterocycles. The van der Waals surface area contributed by atoms with Crippen molar-refractivity contribution < 1.29 is 63.4 Å². The minimum absolute atomic E-state index is 0.0260. The summed E-state index contributed by atoms with van der Waals surface area (Å²) in [6.07, 6.45) is 2.48. The van der Waals surface area contributed by atoms with Crippen molar-refractivity contribution in [1.29, 1.82) is 0 Å². The first-order valence-corrected chi connectivity index (χ1v) is 25.5. The Labute approximate surface area is 377 Å². The number of carbonyl (C=O) groups is 4. The number of nitrogens with zero attached hydrogens (tertiary/aromatic N) is 2. The molecular formula is C45H59F3N4O11S2. The number of nitrogens with one attached hydrogen (secondary N) is 2. The predicted molar refractivity (Wildman–Crippen MR) is 233 cm³/mol. The number of sulfonamides is 1. The molecule has 1 saturated heterocycles. The molecule has 3 amide bonds. The molecule has 3 fully saturated rings. The summed E-state index contributed by atoms with van der Waals surface area (Å²) in [5.41, 5.74) is -2.64. The number of rotatable bonds is 11. The Bertz CT molecular complexity index is 2510. The first-order chi connectivity index (χ1) is 30.2. The number of fused-ring (bicyclic) bond motifs is 5. The van der Waals surface area contributed by atoms with Gasteiger partial charge in [-0.3, -0.25) is 23.9 Å². The van der Waals surface area contributed by atoms with Gasteiger partial charge in [-0.25, -0.2) is 21.8 Å². The number of halogens is 3. The van der Waals surface area contributed by atoms with Crippen LogP contribution in [-0.2, 0) is 50.2 Å². The average Bonchev–Trinajstić information content (AvgIpc) is 4.10. The van der Waals surface area contributed by atoms with E-state index in [1.54, 1.807) is 41.5 Å². The van der Waals surface area contributed by atoms with Gasteiger partial charge in [0.15, 0.2) is 9.84 Å². The van der Waals surface area contributed by atoms with Crippen LogP contribution < -0.4 is 19.5 Å². The number of amides is 3. The van der Waals surface area contributed by atoms with Gasteiger partial charge in [0.25, 0.3) is 5.91 Å². The van der Waals surface area contributed by atoms with Crippen molar-refractivity contribution in [1.82, 2.24) is 19.9 Å². The van der Waals surface area contributed by atoms with Crippen molar-refractivity contribution >= 4 is 54.5 Å². The number of aryl methyl sites for hydroxylation is 2. The van der Waals surface area contributed by atoms with E-state index in [0.717, 1.165) is 0 Å². The molecule has 5 atom stereocenters. The van der Waals surface area contributed by atoms with Crippen LogP contribution in [0.1, 0.15) is 123 Å². The molecule has 0 radical (unpaired) electrons. The van der Waals surface area contributed by atoms with Crippen LogP contribution in [0.15, 0.2) is 30.4 Å². The lowest BCUT2D eigenvalue weighted by molar-refractivity contribution is -0.274. The highest BCUT2D eigenvalue weighted by atomic mass is 32.2. The second-order valence-corrected chi connectivity index (χ2v) is 24.6. The van der Waals surface area contributed by atoms with Crippen LogP contribution in [0.3, 0.4) is 0 Å². The van der Waals surface area contributed by atoms with Crippen LogP contribution >= 0.6 is 0 Å². The lowest BCUT2D eigenvalue weighted by Crippen LogP contribution is -2.57. The van der Waals surface area contributed by atoms with E-state index in [2.05, 4.69) is 19.8 Å². The zero-order valence-electron chi connectivity index (χ0n) is 37.6. The molecule has 3 aliphatic heterocycles. The van der Waals surface area contributed by atoms with Gasteiger partial charge in [0.05, 0.1) is 39.9 Å². The SMILES string of the molecule is Cc1nc2ccc(OC(F)(F)F)cc2c2c1O[C@]1(CC2)C[C@H]2C(=O)N[C@]3(C(=O)NS(=O)(=O)C4(C)CC4)C[C@H]3/C=C\CCCCC[C@H](CC(=O)OC(C)(C)CCS(=O)(=O)C(C)C)C(=O)N2C1. The van der Waals surface area contributed by atoms with Crippen molar-refractivity contribution in [2.24, 2.45) is 11.8 Å². The van der Waals surface area contributed by atoms with E-state index in [1.165, 1.54) is 23.1 Å². The Morgan fingerprint density at radius 2 is 1.78 bits per heavy atom. The molecule has 1 aromatic carbocycles. The van der Waals surface area contributed by atoms with Gasteiger partial charge in [-0.2, -0.15) is 0 Å². The molecule has 0 bridgehead atoms. The van der Waals surface area contributed by atoms with Crippen molar-refractivity contribution in [2.45, 2.75) is 164 Å². The van der Waals surface area contributed by atoms with E-state index in [1.807, 2.05) is 12.2 Å². The number of hydrogen-bond acceptors (Lipinski definition) is 12. The van der Waals surface area contributed by atoms with Gasteiger partial charge in [0, 0.05) is 35.6 Å². The normalized spacial score (nSPS) is 27.6. The van der Waals surface area contributed by atoms with Crippen LogP contribution in [0, 0.1) is 18.8 Å². The molecule has 2 saturated carbocycles. The van der Waals surface area contributed by atoms with Crippen LogP contribution in [0.25, 0.3) is 10.9 Å². The van der Waals surface area contributed by atoms with Crippen LogP contribution in [0.4, 0.5) is 13.2 Å². The topological polar surface area (TPSA) is 204 Å². The van der Waals surface area contributed by atoms with Crippen molar-refractivity contribution in [2.75, 3.05) is 12.3 Å². The number of carbonyl (C=O) groups excluding carboxylic acids is 4. The number of aromatic nitrogens is 1. The monoisotopic (exact) mass is 952 g/mol. The van der Waals surface area contributed by atoms with Crippen LogP contribution in [0.5, 0.6) is 11.5 Å². The molecule has 7 rings (SSSR count). The summed E-state index contributed by atoms with van der Waals surface area (Å²) in [4.78, 5) is 63.6. The maximum atomic E-state index is 15.0. The smallest absolute Gasteiger partial charge is 0.483 e. The van der Waals surface area contributed by atoms with Crippen LogP contribution in [0.2, 0.25) is 0 Å². The number of alkyl halides is 3. The molecule has 358 valence electrons. The maximum absolute atomic E-state index is 15.0. The molecule has 0 unspecified atom stereocenters. The highest BCUT2D eigenvalue weighted by Crippen LogP contribution is 2.49. The van der Waals surface area contributed by atoms with Crippen molar-refractivity contribution in [3.05, 3.63) is 41.6 Å². The van der Waals surface area contributed by atoms with E-state index in [9.17, 15) is 44.4 Å². The summed E-state index contributed by atoms with van der Waals surface area (Å²) in [6, 6.07) is 2.57. The van der Waals surface area contributed by atoms with E-state index in [0.29, 0.717) is 60.7 Å². The van der Waals surface area contributed by atoms with Gasteiger partial charge in [-0.1, -0.05) is 25.0 Å². The standard InChI is InChI=1S/C45H59F3N4O11S2/c1-27(2)64(57,58)21-20-41(4,5)62-36(53)22-29-12-10-8-7-9-11-13-30-24-44(30,40(56)51-65(59,60)42(6)18-19-42)50-38(54)35-25-43(26-52(35)39(29)55)17-16-32-33-23-31(61-45(46,47)48)14-15-34(33)49-28(3)37(32)63-43/h11,13-15,23,27,29-30,35H,7-10,12,16-22,24-26H2,1-6H3,(H,50,54)(H,51,56)/b13-11-/t29-,30-,35+,43-,44-/m1/s1. The molecule has 20 heteroatoms. The van der Waals surface area contributed by atoms with Gasteiger partial charge in [-0.05, 0) is 111 Å². The summed E-state index contributed by atoms with van der Waals surface area (Å²) in [5.74, 6) is -4.75. The van der Waals surface area contributed by atoms with Crippen molar-refractivity contribution in [3.8, 4) is 11.5 Å². The number of allylic oxidation sites excluding steroid dienone is 1. The van der Waals surface area contributed by atoms with Gasteiger partial charge in [0.1, 0.15) is 34.3 Å². The third-order valence-corrected chi connectivity index (χ3v) is 18.2. The predicted octanol–water partition coefficient (Wildman–Crippen LogP) is 6.04. The molecule has 2 N–H and O–H groups in total. The first kappa shape index (κ1) is 48.5. The highest BCUT2D eigenvalue weighted by molar-refractivity contribution is 7.92. The second kappa shape index (κ2) is 17.3. The second-order valence-electron chi connectivity index (χ2n) is 19.7. The molecule has 2 aromatic rings. The summed E-state index contributed by atoms with van der Waals surface area (Å²) in [7, 11) is -7.53. The van der Waals surface area contributed by atoms with Gasteiger partial charge >= 0.3 is 12.3 Å². The largest absolute Gasteiger partial charge is 0.573 e.